The molecule has 1 aliphatic rings. The molecular weight excluding hydrogens is 176 g/mol. The van der Waals surface area contributed by atoms with E-state index in [2.05, 4.69) is 4.52 Å². The van der Waals surface area contributed by atoms with Crippen LogP contribution in [0.2, 0.25) is 0 Å². The number of carbonyl (C=O) groups is 2. The monoisotopic (exact) mass is 185 g/mol. The van der Waals surface area contributed by atoms with Crippen LogP contribution in [0.25, 0.3) is 0 Å². The van der Waals surface area contributed by atoms with E-state index in [1.54, 1.807) is 0 Å². The summed E-state index contributed by atoms with van der Waals surface area (Å²) < 4.78 is 4.29. The van der Waals surface area contributed by atoms with Crippen LogP contribution in [0.1, 0.15) is 14.3 Å². The summed E-state index contributed by atoms with van der Waals surface area (Å²) in [7, 11) is 1.82. The molecule has 1 saturated heterocycles. The van der Waals surface area contributed by atoms with Crippen molar-refractivity contribution in [3.63, 3.8) is 0 Å². The largest absolute Gasteiger partial charge is 1.00 e. The summed E-state index contributed by atoms with van der Waals surface area (Å²) in [4.78, 5) is 22.6. The van der Waals surface area contributed by atoms with E-state index in [0.29, 0.717) is 13.0 Å². The number of likely N-dealkylation sites (tertiary alicyclic amines) is 1. The molecule has 0 aromatic heterocycles. The third kappa shape index (κ3) is 2.71. The molecule has 2 amide bonds. The van der Waals surface area contributed by atoms with Crippen LogP contribution in [0.3, 0.4) is 0 Å². The summed E-state index contributed by atoms with van der Waals surface area (Å²) in [5.41, 5.74) is 0. The van der Waals surface area contributed by atoms with Gasteiger partial charge in [-0.05, 0) is 6.42 Å². The van der Waals surface area contributed by atoms with Gasteiger partial charge >= 0.3 is 35.7 Å². The number of imide groups is 1. The van der Waals surface area contributed by atoms with Crippen molar-refractivity contribution in [3.8, 4) is 0 Å². The van der Waals surface area contributed by atoms with E-state index in [1.807, 2.05) is 9.47 Å². The van der Waals surface area contributed by atoms with E-state index in [1.165, 1.54) is 0 Å². The number of hydrogen-bond donors (Lipinski definition) is 0. The van der Waals surface area contributed by atoms with Crippen molar-refractivity contribution in [1.82, 2.24) is 4.90 Å². The maximum absolute atomic E-state index is 10.8. The van der Waals surface area contributed by atoms with Crippen molar-refractivity contribution >= 4 is 21.5 Å². The van der Waals surface area contributed by atoms with E-state index in [0.717, 1.165) is 11.3 Å². The average molecular weight is 185 g/mol. The summed E-state index contributed by atoms with van der Waals surface area (Å²) in [5.74, 6) is -0.146. The van der Waals surface area contributed by atoms with Crippen molar-refractivity contribution in [1.29, 1.82) is 0 Å². The zero-order chi connectivity index (χ0) is 7.56. The van der Waals surface area contributed by atoms with Crippen LogP contribution in [0.4, 0.5) is 4.79 Å². The first-order chi connectivity index (χ1) is 4.75. The van der Waals surface area contributed by atoms with Crippen LogP contribution in [-0.2, 0) is 9.32 Å². The molecule has 11 heavy (non-hydrogen) atoms. The second-order valence-corrected chi connectivity index (χ2v) is 2.27. The molecule has 0 saturated carbocycles. The molecule has 0 aromatic rings. The molecule has 58 valence electrons. The quantitative estimate of drug-likeness (QED) is 0.313. The van der Waals surface area contributed by atoms with Gasteiger partial charge in [-0.1, -0.05) is 0 Å². The van der Waals surface area contributed by atoms with Gasteiger partial charge in [0.05, 0.1) is 9.47 Å². The Bertz CT molecular complexity index is 180. The molecule has 0 bridgehead atoms. The van der Waals surface area contributed by atoms with Gasteiger partial charge in [-0.25, -0.2) is 9.69 Å². The predicted molar refractivity (Wildman–Crippen MR) is 38.3 cm³/mol. The van der Waals surface area contributed by atoms with Gasteiger partial charge in [-0.3, -0.25) is 4.79 Å². The Morgan fingerprint density at radius 2 is 2.36 bits per heavy atom. The van der Waals surface area contributed by atoms with E-state index in [4.69, 9.17) is 0 Å². The second kappa shape index (κ2) is 5.09. The summed E-state index contributed by atoms with van der Waals surface area (Å²) in [6.07, 6.45) is 0.630. The summed E-state index contributed by atoms with van der Waals surface area (Å²) >= 11 is 0. The number of amides is 2. The topological polar surface area (TPSA) is 46.6 Å². The Hall–Kier alpha value is 0.370. The Kier molecular flexibility index (Phi) is 5.26. The molecule has 6 heteroatoms. The van der Waals surface area contributed by atoms with Crippen molar-refractivity contribution in [2.45, 2.75) is 12.8 Å². The molecule has 0 N–H and O–H groups in total. The SMILES string of the molecule is O=C1CCCN1C(=O)OP.[H-].[Na+]. The molecule has 0 aromatic carbocycles. The zero-order valence-corrected chi connectivity index (χ0v) is 9.53. The first kappa shape index (κ1) is 11.4. The molecule has 1 atom stereocenters. The van der Waals surface area contributed by atoms with Crippen LogP contribution in [0.15, 0.2) is 0 Å². The Morgan fingerprint density at radius 1 is 1.73 bits per heavy atom. The molecular formula is C5H9NNaO3P. The zero-order valence-electron chi connectivity index (χ0n) is 7.37. The summed E-state index contributed by atoms with van der Waals surface area (Å²) in [5, 5.41) is 0. The molecule has 0 radical (unpaired) electrons. The fraction of sp³-hybridized carbons (Fsp3) is 0.600. The molecule has 0 aliphatic carbocycles. The van der Waals surface area contributed by atoms with E-state index >= 15 is 0 Å². The molecule has 1 heterocycles. The fourth-order valence-corrected chi connectivity index (χ4v) is 1.03. The maximum Gasteiger partial charge on any atom is 1.00 e. The van der Waals surface area contributed by atoms with Gasteiger partial charge in [0, 0.05) is 13.0 Å². The predicted octanol–water partition coefficient (Wildman–Crippen LogP) is -2.35. The van der Waals surface area contributed by atoms with Gasteiger partial charge in [0.2, 0.25) is 5.91 Å². The van der Waals surface area contributed by atoms with Crippen LogP contribution in [0, 0.1) is 0 Å². The van der Waals surface area contributed by atoms with Crippen LogP contribution < -0.4 is 29.6 Å². The van der Waals surface area contributed by atoms with Gasteiger partial charge < -0.3 is 5.95 Å². The van der Waals surface area contributed by atoms with Gasteiger partial charge in [-0.15, -0.1) is 0 Å². The molecule has 1 fully saturated rings. The van der Waals surface area contributed by atoms with Gasteiger partial charge in [0.15, 0.2) is 0 Å². The smallest absolute Gasteiger partial charge is 1.00 e. The molecule has 1 rings (SSSR count). The van der Waals surface area contributed by atoms with Crippen molar-refractivity contribution in [2.24, 2.45) is 0 Å². The average Bonchev–Trinajstić information content (AvgIpc) is 2.34. The van der Waals surface area contributed by atoms with Crippen molar-refractivity contribution in [3.05, 3.63) is 0 Å². The minimum absolute atomic E-state index is 0. The van der Waals surface area contributed by atoms with Crippen LogP contribution in [0.5, 0.6) is 0 Å². The van der Waals surface area contributed by atoms with E-state index < -0.39 is 6.09 Å². The van der Waals surface area contributed by atoms with E-state index in [-0.39, 0.29) is 36.9 Å². The molecule has 1 aliphatic heterocycles. The minimum Gasteiger partial charge on any atom is -1.00 e. The first-order valence-electron chi connectivity index (χ1n) is 2.97. The normalized spacial score (nSPS) is 16.1. The Balaban J connectivity index is 0. The van der Waals surface area contributed by atoms with Crippen molar-refractivity contribution in [2.75, 3.05) is 6.54 Å². The number of carbonyl (C=O) groups excluding carboxylic acids is 2. The first-order valence-corrected chi connectivity index (χ1v) is 3.44. The Morgan fingerprint density at radius 3 is 2.73 bits per heavy atom. The summed E-state index contributed by atoms with van der Waals surface area (Å²) in [6.45, 7) is 0.492. The van der Waals surface area contributed by atoms with Gasteiger partial charge in [-0.2, -0.15) is 0 Å². The number of rotatable bonds is 0. The number of nitrogens with zero attached hydrogens (tertiary/aromatic N) is 1. The van der Waals surface area contributed by atoms with Crippen LogP contribution >= 0.6 is 9.47 Å². The van der Waals surface area contributed by atoms with Gasteiger partial charge in [0.25, 0.3) is 0 Å². The van der Waals surface area contributed by atoms with E-state index in [9.17, 15) is 9.59 Å². The fourth-order valence-electron chi connectivity index (χ4n) is 0.905. The number of hydrogen-bond acceptors (Lipinski definition) is 3. The molecule has 0 spiro atoms. The maximum atomic E-state index is 10.8. The Labute approximate surface area is 90.7 Å². The van der Waals surface area contributed by atoms with Crippen molar-refractivity contribution < 1.29 is 45.1 Å². The second-order valence-electron chi connectivity index (χ2n) is 2.03. The van der Waals surface area contributed by atoms with Crippen LogP contribution in [-0.4, -0.2) is 23.4 Å². The third-order valence-electron chi connectivity index (χ3n) is 1.39. The molecule has 1 unspecified atom stereocenters. The van der Waals surface area contributed by atoms with Gasteiger partial charge in [0.1, 0.15) is 0 Å². The standard InChI is InChI=1S/C5H8NO3P.Na.H/c7-4-2-1-3-6(4)5(8)9-10;;/h1-3,10H2;;/q;+1;-1. The minimum atomic E-state index is -0.576. The third-order valence-corrected chi connectivity index (χ3v) is 1.60. The summed E-state index contributed by atoms with van der Waals surface area (Å²) in [6, 6.07) is 0. The molecule has 4 nitrogen and oxygen atoms in total.